The summed E-state index contributed by atoms with van der Waals surface area (Å²) in [5, 5.41) is 5.55. The molecule has 0 aliphatic heterocycles. The minimum Gasteiger partial charge on any atom is -0.368 e. The van der Waals surface area contributed by atoms with E-state index in [0.29, 0.717) is 17.1 Å². The van der Waals surface area contributed by atoms with Crippen molar-refractivity contribution in [3.63, 3.8) is 0 Å². The largest absolute Gasteiger partial charge is 0.368 e. The molecule has 0 spiro atoms. The third-order valence-corrected chi connectivity index (χ3v) is 4.09. The highest BCUT2D eigenvalue weighted by Crippen LogP contribution is 2.09. The predicted octanol–water partition coefficient (Wildman–Crippen LogP) is 0.995. The second-order valence-electron chi connectivity index (χ2n) is 6.10. The van der Waals surface area contributed by atoms with Gasteiger partial charge in [-0.25, -0.2) is 4.98 Å². The summed E-state index contributed by atoms with van der Waals surface area (Å²) in [6, 6.07) is 10.8. The first-order valence-corrected chi connectivity index (χ1v) is 8.74. The van der Waals surface area contributed by atoms with E-state index in [-0.39, 0.29) is 12.3 Å². The third-order valence-electron chi connectivity index (χ3n) is 3.87. The van der Waals surface area contributed by atoms with E-state index in [0.717, 1.165) is 5.56 Å². The Hall–Kier alpha value is -2.93. The maximum Gasteiger partial charge on any atom is 0.243 e. The lowest BCUT2D eigenvalue weighted by atomic mass is 10.0. The minimum atomic E-state index is -0.937. The second kappa shape index (κ2) is 9.68. The van der Waals surface area contributed by atoms with E-state index < -0.39 is 23.9 Å². The molecule has 0 saturated carbocycles. The zero-order valence-corrected chi connectivity index (χ0v) is 15.6. The van der Waals surface area contributed by atoms with Crippen molar-refractivity contribution in [2.24, 2.45) is 5.73 Å². The van der Waals surface area contributed by atoms with Crippen molar-refractivity contribution in [3.05, 3.63) is 64.9 Å². The van der Waals surface area contributed by atoms with Crippen LogP contribution in [-0.2, 0) is 27.2 Å². The van der Waals surface area contributed by atoms with Gasteiger partial charge < -0.3 is 16.4 Å². The minimum absolute atomic E-state index is 0.170. The Morgan fingerprint density at radius 3 is 2.22 bits per heavy atom. The number of primary amides is 1. The number of nitrogens with zero attached hydrogens (tertiary/aromatic N) is 1. The van der Waals surface area contributed by atoms with Gasteiger partial charge in [-0.05, 0) is 17.2 Å². The lowest BCUT2D eigenvalue weighted by Gasteiger charge is -2.21. The standard InChI is InChI=1S/C19H21ClN4O3/c1-12(25)23-16(9-13-5-3-2-4-6-13)19(27)24-15(18(21)26)10-14-7-8-17(20)22-11-14/h2-8,11,15-16H,9-10H2,1H3,(H2,21,26)(H,23,25)(H,24,27)/t15-,16-/m0/s1. The van der Waals surface area contributed by atoms with Gasteiger partial charge in [-0.3, -0.25) is 14.4 Å². The highest BCUT2D eigenvalue weighted by molar-refractivity contribution is 6.29. The van der Waals surface area contributed by atoms with Gasteiger partial charge in [0, 0.05) is 26.0 Å². The highest BCUT2D eigenvalue weighted by Gasteiger charge is 2.25. The van der Waals surface area contributed by atoms with Crippen molar-refractivity contribution in [2.45, 2.75) is 31.8 Å². The normalized spacial score (nSPS) is 12.7. The van der Waals surface area contributed by atoms with Gasteiger partial charge in [-0.15, -0.1) is 0 Å². The number of amides is 3. The summed E-state index contributed by atoms with van der Waals surface area (Å²) in [5.74, 6) is -1.51. The number of rotatable bonds is 8. The number of carbonyl (C=O) groups is 3. The molecule has 0 aliphatic carbocycles. The molecule has 0 saturated heterocycles. The van der Waals surface area contributed by atoms with Crippen LogP contribution in [0, 0.1) is 0 Å². The number of pyridine rings is 1. The molecule has 1 aromatic carbocycles. The SMILES string of the molecule is CC(=O)N[C@@H](Cc1ccccc1)C(=O)N[C@@H](Cc1ccc(Cl)nc1)C(N)=O. The Bertz CT molecular complexity index is 796. The Morgan fingerprint density at radius 2 is 1.67 bits per heavy atom. The monoisotopic (exact) mass is 388 g/mol. The molecule has 0 fully saturated rings. The molecule has 1 heterocycles. The fraction of sp³-hybridized carbons (Fsp3) is 0.263. The molecule has 27 heavy (non-hydrogen) atoms. The third kappa shape index (κ3) is 6.71. The molecule has 1 aromatic heterocycles. The Labute approximate surface area is 162 Å². The quantitative estimate of drug-likeness (QED) is 0.585. The van der Waals surface area contributed by atoms with Crippen LogP contribution in [-0.4, -0.2) is 34.8 Å². The summed E-state index contributed by atoms with van der Waals surface area (Å²) in [6.45, 7) is 1.33. The lowest BCUT2D eigenvalue weighted by Crippen LogP contribution is -2.54. The molecular weight excluding hydrogens is 368 g/mol. The second-order valence-corrected chi connectivity index (χ2v) is 6.49. The van der Waals surface area contributed by atoms with E-state index in [1.165, 1.54) is 13.1 Å². The predicted molar refractivity (Wildman–Crippen MR) is 102 cm³/mol. The van der Waals surface area contributed by atoms with Crippen molar-refractivity contribution >= 4 is 29.3 Å². The smallest absolute Gasteiger partial charge is 0.243 e. The molecule has 0 aliphatic rings. The zero-order chi connectivity index (χ0) is 19.8. The first kappa shape index (κ1) is 20.4. The summed E-state index contributed by atoms with van der Waals surface area (Å²) in [7, 11) is 0. The van der Waals surface area contributed by atoms with E-state index in [9.17, 15) is 14.4 Å². The van der Waals surface area contributed by atoms with E-state index >= 15 is 0 Å². The van der Waals surface area contributed by atoms with E-state index in [1.807, 2.05) is 30.3 Å². The van der Waals surface area contributed by atoms with Gasteiger partial charge >= 0.3 is 0 Å². The van der Waals surface area contributed by atoms with Crippen molar-refractivity contribution in [2.75, 3.05) is 0 Å². The molecule has 0 unspecified atom stereocenters. The van der Waals surface area contributed by atoms with E-state index in [1.54, 1.807) is 12.1 Å². The molecule has 7 nitrogen and oxygen atoms in total. The molecule has 8 heteroatoms. The number of carbonyl (C=O) groups excluding carboxylic acids is 3. The summed E-state index contributed by atoms with van der Waals surface area (Å²) in [5.41, 5.74) is 7.00. The van der Waals surface area contributed by atoms with Gasteiger partial charge in [0.2, 0.25) is 17.7 Å². The number of halogens is 1. The highest BCUT2D eigenvalue weighted by atomic mass is 35.5. The van der Waals surface area contributed by atoms with Crippen LogP contribution in [0.5, 0.6) is 0 Å². The fourth-order valence-corrected chi connectivity index (χ4v) is 2.67. The Morgan fingerprint density at radius 1 is 1.00 bits per heavy atom. The number of benzene rings is 1. The van der Waals surface area contributed by atoms with Crippen LogP contribution in [0.2, 0.25) is 5.15 Å². The lowest BCUT2D eigenvalue weighted by molar-refractivity contribution is -0.130. The number of nitrogens with two attached hydrogens (primary N) is 1. The average molecular weight is 389 g/mol. The zero-order valence-electron chi connectivity index (χ0n) is 14.8. The van der Waals surface area contributed by atoms with Crippen LogP contribution in [0.1, 0.15) is 18.1 Å². The Kier molecular flexibility index (Phi) is 7.31. The maximum atomic E-state index is 12.7. The summed E-state index contributed by atoms with van der Waals surface area (Å²) < 4.78 is 0. The van der Waals surface area contributed by atoms with Crippen molar-refractivity contribution in [3.8, 4) is 0 Å². The molecule has 4 N–H and O–H groups in total. The van der Waals surface area contributed by atoms with Crippen molar-refractivity contribution in [1.82, 2.24) is 15.6 Å². The molecule has 2 rings (SSSR count). The van der Waals surface area contributed by atoms with Crippen LogP contribution < -0.4 is 16.4 Å². The topological polar surface area (TPSA) is 114 Å². The van der Waals surface area contributed by atoms with Crippen LogP contribution in [0.3, 0.4) is 0 Å². The van der Waals surface area contributed by atoms with Gasteiger partial charge in [0.15, 0.2) is 0 Å². The summed E-state index contributed by atoms with van der Waals surface area (Å²) in [6.07, 6.45) is 1.98. The first-order valence-electron chi connectivity index (χ1n) is 8.36. The van der Waals surface area contributed by atoms with Crippen LogP contribution in [0.15, 0.2) is 48.7 Å². The first-order chi connectivity index (χ1) is 12.8. The van der Waals surface area contributed by atoms with Gasteiger partial charge in [0.25, 0.3) is 0 Å². The van der Waals surface area contributed by atoms with Crippen molar-refractivity contribution < 1.29 is 14.4 Å². The average Bonchev–Trinajstić information content (AvgIpc) is 2.62. The molecule has 2 atom stereocenters. The molecule has 2 aromatic rings. The van der Waals surface area contributed by atoms with Gasteiger partial charge in [0.1, 0.15) is 17.2 Å². The summed E-state index contributed by atoms with van der Waals surface area (Å²) >= 11 is 5.75. The molecule has 142 valence electrons. The van der Waals surface area contributed by atoms with E-state index in [4.69, 9.17) is 17.3 Å². The van der Waals surface area contributed by atoms with Crippen LogP contribution in [0.4, 0.5) is 0 Å². The fourth-order valence-electron chi connectivity index (χ4n) is 2.56. The number of aromatic nitrogens is 1. The Balaban J connectivity index is 2.10. The van der Waals surface area contributed by atoms with Gasteiger partial charge in [-0.1, -0.05) is 48.0 Å². The van der Waals surface area contributed by atoms with Gasteiger partial charge in [0.05, 0.1) is 0 Å². The number of nitrogens with one attached hydrogen (secondary N) is 2. The van der Waals surface area contributed by atoms with Crippen LogP contribution in [0.25, 0.3) is 0 Å². The van der Waals surface area contributed by atoms with Crippen molar-refractivity contribution in [1.29, 1.82) is 0 Å². The maximum absolute atomic E-state index is 12.7. The molecule has 3 amide bonds. The van der Waals surface area contributed by atoms with E-state index in [2.05, 4.69) is 15.6 Å². The molecular formula is C19H21ClN4O3. The molecule has 0 bridgehead atoms. The number of hydrogen-bond acceptors (Lipinski definition) is 4. The summed E-state index contributed by atoms with van der Waals surface area (Å²) in [4.78, 5) is 39.9. The van der Waals surface area contributed by atoms with Crippen LogP contribution >= 0.6 is 11.6 Å². The number of hydrogen-bond donors (Lipinski definition) is 3. The molecule has 0 radical (unpaired) electrons. The van der Waals surface area contributed by atoms with Gasteiger partial charge in [-0.2, -0.15) is 0 Å².